The molecule has 0 saturated heterocycles. The summed E-state index contributed by atoms with van der Waals surface area (Å²) in [5.74, 6) is 1.94. The molecule has 0 aliphatic carbocycles. The van der Waals surface area contributed by atoms with Crippen molar-refractivity contribution in [1.29, 1.82) is 0 Å². The average molecular weight is 368 g/mol. The minimum Gasteiger partial charge on any atom is -0.369 e. The van der Waals surface area contributed by atoms with E-state index in [0.29, 0.717) is 23.6 Å². The third-order valence-electron chi connectivity index (χ3n) is 4.65. The summed E-state index contributed by atoms with van der Waals surface area (Å²) in [5.41, 5.74) is 3.55. The summed E-state index contributed by atoms with van der Waals surface area (Å²) in [4.78, 5) is 8.78. The Morgan fingerprint density at radius 2 is 1.93 bits per heavy atom. The van der Waals surface area contributed by atoms with Crippen molar-refractivity contribution < 1.29 is 0 Å². The van der Waals surface area contributed by atoms with Gasteiger partial charge in [-0.3, -0.25) is 4.98 Å². The third-order valence-corrected chi connectivity index (χ3v) is 4.65. The molecule has 7 heteroatoms. The summed E-state index contributed by atoms with van der Waals surface area (Å²) in [7, 11) is 6.06. The number of aromatic nitrogens is 4. The van der Waals surface area contributed by atoms with Gasteiger partial charge >= 0.3 is 0 Å². The van der Waals surface area contributed by atoms with Gasteiger partial charge in [0.15, 0.2) is 5.65 Å². The summed E-state index contributed by atoms with van der Waals surface area (Å²) in [6, 6.07) is 16.3. The minimum absolute atomic E-state index is 0.355. The molecule has 0 saturated carbocycles. The van der Waals surface area contributed by atoms with Crippen molar-refractivity contribution in [3.8, 4) is 0 Å². The molecule has 3 heterocycles. The maximum atomic E-state index is 6.06. The molecule has 1 atom stereocenters. The van der Waals surface area contributed by atoms with E-state index >= 15 is 0 Å². The molecule has 2 N–H and O–H groups in total. The Labute approximate surface area is 165 Å². The lowest BCUT2D eigenvalue weighted by atomic mass is 10.0. The number of nitrogens with one attached hydrogen (secondary N) is 2. The number of rotatable bonds is 7. The van der Waals surface area contributed by atoms with Crippen LogP contribution in [0.4, 0.5) is 11.6 Å². The molecule has 0 spiro atoms. The van der Waals surface area contributed by atoms with Gasteiger partial charge in [-0.1, -0.05) is 43.3 Å². The van der Waals surface area contributed by atoms with Gasteiger partial charge in [0.1, 0.15) is 19.5 Å². The number of anilines is 2. The molecule has 1 unspecified atom stereocenters. The molecule has 2 radical (unpaired) electrons. The molecule has 4 aromatic rings. The summed E-state index contributed by atoms with van der Waals surface area (Å²) in [6.07, 6.45) is 5.22. The van der Waals surface area contributed by atoms with Crippen LogP contribution in [0.5, 0.6) is 0 Å². The normalized spacial score (nSPS) is 12.0. The first-order valence-corrected chi connectivity index (χ1v) is 9.26. The molecular weight excluding hydrogens is 347 g/mol. The van der Waals surface area contributed by atoms with Crippen LogP contribution in [-0.2, 0) is 6.54 Å². The van der Waals surface area contributed by atoms with Gasteiger partial charge in [-0.2, -0.15) is 9.61 Å². The fourth-order valence-corrected chi connectivity index (χ4v) is 3.05. The average Bonchev–Trinajstić information content (AvgIpc) is 3.12. The molecule has 0 amide bonds. The lowest BCUT2D eigenvalue weighted by molar-refractivity contribution is 0.800. The van der Waals surface area contributed by atoms with Crippen molar-refractivity contribution in [2.45, 2.75) is 19.4 Å². The number of pyridine rings is 1. The quantitative estimate of drug-likeness (QED) is 0.491. The topological polar surface area (TPSA) is 67.1 Å². The highest BCUT2D eigenvalue weighted by molar-refractivity contribution is 6.36. The number of nitrogens with zero attached hydrogens (tertiary/aromatic N) is 4. The SMILES string of the molecule is [B]c1cnn2c(NCc3cccnc3)cc(NCC(C)c3ccccc3)nc12. The molecular formula is C21H21BN6. The number of hydrogen-bond donors (Lipinski definition) is 2. The molecule has 4 rings (SSSR count). The summed E-state index contributed by atoms with van der Waals surface area (Å²) in [6.45, 7) is 3.59. The fourth-order valence-electron chi connectivity index (χ4n) is 3.05. The van der Waals surface area contributed by atoms with E-state index in [1.807, 2.05) is 30.5 Å². The van der Waals surface area contributed by atoms with Crippen LogP contribution in [0.25, 0.3) is 5.65 Å². The van der Waals surface area contributed by atoms with Crippen LogP contribution in [0.15, 0.2) is 67.1 Å². The minimum atomic E-state index is 0.355. The van der Waals surface area contributed by atoms with Crippen LogP contribution in [-0.4, -0.2) is 34.0 Å². The standard InChI is InChI=1S/C21H21BN6/c1-15(17-7-3-2-4-8-17)11-24-19-10-20(25-13-16-6-5-9-23-12-16)28-21(27-19)18(22)14-26-28/h2-10,12,14-15,25H,11,13H2,1H3,(H,24,27). The molecule has 0 aliphatic heterocycles. The number of hydrogen-bond acceptors (Lipinski definition) is 5. The first kappa shape index (κ1) is 18.0. The van der Waals surface area contributed by atoms with E-state index in [1.165, 1.54) is 5.56 Å². The van der Waals surface area contributed by atoms with Crippen molar-refractivity contribution in [2.75, 3.05) is 17.2 Å². The van der Waals surface area contributed by atoms with Gasteiger partial charge in [0.05, 0.1) is 0 Å². The van der Waals surface area contributed by atoms with Gasteiger partial charge in [-0.15, -0.1) is 0 Å². The molecule has 3 aromatic heterocycles. The van der Waals surface area contributed by atoms with Crippen LogP contribution in [0.1, 0.15) is 24.0 Å². The number of fused-ring (bicyclic) bond motifs is 1. The lowest BCUT2D eigenvalue weighted by Gasteiger charge is -2.15. The van der Waals surface area contributed by atoms with Gasteiger partial charge in [-0.05, 0) is 28.6 Å². The maximum absolute atomic E-state index is 6.06. The zero-order valence-corrected chi connectivity index (χ0v) is 15.7. The predicted molar refractivity (Wildman–Crippen MR) is 113 cm³/mol. The Kier molecular flexibility index (Phi) is 5.23. The molecule has 6 nitrogen and oxygen atoms in total. The molecule has 0 aliphatic rings. The Morgan fingerprint density at radius 3 is 2.71 bits per heavy atom. The van der Waals surface area contributed by atoms with E-state index in [0.717, 1.165) is 23.7 Å². The van der Waals surface area contributed by atoms with Gasteiger partial charge in [0.25, 0.3) is 0 Å². The van der Waals surface area contributed by atoms with Crippen LogP contribution in [0, 0.1) is 0 Å². The maximum Gasteiger partial charge on any atom is 0.152 e. The van der Waals surface area contributed by atoms with Crippen molar-refractivity contribution in [1.82, 2.24) is 19.6 Å². The fraction of sp³-hybridized carbons (Fsp3) is 0.190. The molecule has 0 bridgehead atoms. The second kappa shape index (κ2) is 8.13. The highest BCUT2D eigenvalue weighted by Gasteiger charge is 2.11. The third kappa shape index (κ3) is 3.98. The summed E-state index contributed by atoms with van der Waals surface area (Å²) >= 11 is 0. The Hall–Kier alpha value is -3.35. The predicted octanol–water partition coefficient (Wildman–Crippen LogP) is 2.75. The van der Waals surface area contributed by atoms with Crippen molar-refractivity contribution in [2.24, 2.45) is 0 Å². The number of benzene rings is 1. The molecule has 0 fully saturated rings. The second-order valence-electron chi connectivity index (χ2n) is 6.77. The Bertz CT molecular complexity index is 1050. The van der Waals surface area contributed by atoms with E-state index in [4.69, 9.17) is 7.85 Å². The van der Waals surface area contributed by atoms with E-state index < -0.39 is 0 Å². The zero-order valence-electron chi connectivity index (χ0n) is 15.7. The second-order valence-corrected chi connectivity index (χ2v) is 6.77. The van der Waals surface area contributed by atoms with Crippen LogP contribution < -0.4 is 16.1 Å². The van der Waals surface area contributed by atoms with Crippen molar-refractivity contribution in [3.63, 3.8) is 0 Å². The highest BCUT2D eigenvalue weighted by atomic mass is 15.3. The monoisotopic (exact) mass is 368 g/mol. The molecule has 28 heavy (non-hydrogen) atoms. The molecule has 1 aromatic carbocycles. The van der Waals surface area contributed by atoms with Gasteiger partial charge in [0, 0.05) is 37.7 Å². The summed E-state index contributed by atoms with van der Waals surface area (Å²) < 4.78 is 1.72. The lowest BCUT2D eigenvalue weighted by Crippen LogP contribution is -2.14. The Morgan fingerprint density at radius 1 is 1.07 bits per heavy atom. The van der Waals surface area contributed by atoms with Gasteiger partial charge < -0.3 is 10.6 Å². The zero-order chi connectivity index (χ0) is 19.3. The van der Waals surface area contributed by atoms with Gasteiger partial charge in [0.2, 0.25) is 0 Å². The van der Waals surface area contributed by atoms with E-state index in [2.05, 4.69) is 56.9 Å². The molecule has 138 valence electrons. The Balaban J connectivity index is 1.54. The highest BCUT2D eigenvalue weighted by Crippen LogP contribution is 2.19. The van der Waals surface area contributed by atoms with E-state index in [1.54, 1.807) is 16.9 Å². The van der Waals surface area contributed by atoms with Crippen LogP contribution in [0.2, 0.25) is 0 Å². The van der Waals surface area contributed by atoms with Gasteiger partial charge in [-0.25, -0.2) is 4.98 Å². The van der Waals surface area contributed by atoms with E-state index in [-0.39, 0.29) is 0 Å². The first-order valence-electron chi connectivity index (χ1n) is 9.26. The van der Waals surface area contributed by atoms with Crippen LogP contribution >= 0.6 is 0 Å². The van der Waals surface area contributed by atoms with E-state index in [9.17, 15) is 0 Å². The summed E-state index contributed by atoms with van der Waals surface area (Å²) in [5, 5.41) is 11.2. The van der Waals surface area contributed by atoms with Crippen molar-refractivity contribution in [3.05, 3.63) is 78.2 Å². The van der Waals surface area contributed by atoms with Crippen LogP contribution in [0.3, 0.4) is 0 Å². The first-order chi connectivity index (χ1) is 13.7. The van der Waals surface area contributed by atoms with Crippen molar-refractivity contribution >= 4 is 30.6 Å². The smallest absolute Gasteiger partial charge is 0.152 e. The largest absolute Gasteiger partial charge is 0.369 e.